The fraction of sp³-hybridized carbons (Fsp3) is 0.429. The number of benzene rings is 1. The monoisotopic (exact) mass is 267 g/mol. The van der Waals surface area contributed by atoms with Crippen molar-refractivity contribution in [2.75, 3.05) is 13.7 Å². The Morgan fingerprint density at radius 3 is 2.68 bits per heavy atom. The topological polar surface area (TPSA) is 55.4 Å². The first-order chi connectivity index (χ1) is 9.02. The zero-order valence-corrected chi connectivity index (χ0v) is 11.2. The third kappa shape index (κ3) is 5.50. The minimum Gasteiger partial charge on any atom is -0.496 e. The van der Waals surface area contributed by atoms with Gasteiger partial charge in [0, 0.05) is 19.4 Å². The average Bonchev–Trinajstić information content (AvgIpc) is 2.36. The number of rotatable bonds is 7. The van der Waals surface area contributed by atoms with Crippen LogP contribution in [0.3, 0.4) is 0 Å². The molecule has 0 spiro atoms. The molecule has 19 heavy (non-hydrogen) atoms. The Balaban J connectivity index is 2.42. The summed E-state index contributed by atoms with van der Waals surface area (Å²) in [7, 11) is 1.52. The quantitative estimate of drug-likeness (QED) is 0.820. The van der Waals surface area contributed by atoms with Crippen LogP contribution in [0.1, 0.15) is 25.3 Å². The number of hydrogen-bond acceptors (Lipinski definition) is 3. The highest BCUT2D eigenvalue weighted by molar-refractivity contribution is 5.83. The first-order valence-electron chi connectivity index (χ1n) is 6.11. The second kappa shape index (κ2) is 7.51. The number of amides is 1. The molecular formula is C14H18FNO3. The van der Waals surface area contributed by atoms with Gasteiger partial charge in [0.05, 0.1) is 7.11 Å². The van der Waals surface area contributed by atoms with Crippen molar-refractivity contribution in [3.8, 4) is 5.75 Å². The van der Waals surface area contributed by atoms with Crippen LogP contribution in [0.15, 0.2) is 18.2 Å². The molecule has 0 unspecified atom stereocenters. The van der Waals surface area contributed by atoms with E-state index in [-0.39, 0.29) is 30.3 Å². The highest BCUT2D eigenvalue weighted by atomic mass is 19.1. The van der Waals surface area contributed by atoms with Crippen LogP contribution in [-0.2, 0) is 16.0 Å². The molecule has 0 aliphatic rings. The lowest BCUT2D eigenvalue weighted by Gasteiger charge is -2.09. The molecule has 1 rings (SSSR count). The lowest BCUT2D eigenvalue weighted by molar-refractivity contribution is -0.124. The molecule has 0 aliphatic heterocycles. The van der Waals surface area contributed by atoms with Crippen LogP contribution in [0, 0.1) is 5.82 Å². The zero-order chi connectivity index (χ0) is 14.3. The summed E-state index contributed by atoms with van der Waals surface area (Å²) in [5.74, 6) is 0.0746. The van der Waals surface area contributed by atoms with Crippen LogP contribution in [0.2, 0.25) is 0 Å². The average molecular weight is 267 g/mol. The SMILES string of the molecule is COc1ccc(F)cc1CCNC(=O)CCC(C)=O. The third-order valence-electron chi connectivity index (χ3n) is 2.66. The van der Waals surface area contributed by atoms with Crippen molar-refractivity contribution in [2.45, 2.75) is 26.2 Å². The lowest BCUT2D eigenvalue weighted by Crippen LogP contribution is -2.26. The Kier molecular flexibility index (Phi) is 5.99. The molecule has 1 N–H and O–H groups in total. The predicted octanol–water partition coefficient (Wildman–Crippen LogP) is 1.86. The molecule has 4 nitrogen and oxygen atoms in total. The van der Waals surface area contributed by atoms with Gasteiger partial charge in [-0.15, -0.1) is 0 Å². The number of methoxy groups -OCH3 is 1. The minimum atomic E-state index is -0.335. The first-order valence-corrected chi connectivity index (χ1v) is 6.11. The number of Topliss-reactive ketones (excluding diaryl/α,β-unsaturated/α-hetero) is 1. The Morgan fingerprint density at radius 2 is 2.05 bits per heavy atom. The molecule has 5 heteroatoms. The summed E-state index contributed by atoms with van der Waals surface area (Å²) >= 11 is 0. The van der Waals surface area contributed by atoms with Crippen molar-refractivity contribution in [1.29, 1.82) is 0 Å². The molecule has 1 aromatic carbocycles. The Hall–Kier alpha value is -1.91. The van der Waals surface area contributed by atoms with E-state index in [1.165, 1.54) is 26.2 Å². The molecule has 0 radical (unpaired) electrons. The number of halogens is 1. The van der Waals surface area contributed by atoms with E-state index in [4.69, 9.17) is 4.74 Å². The fourth-order valence-corrected chi connectivity index (χ4v) is 1.66. The summed E-state index contributed by atoms with van der Waals surface area (Å²) in [4.78, 5) is 22.1. The van der Waals surface area contributed by atoms with E-state index in [0.29, 0.717) is 24.3 Å². The maximum atomic E-state index is 13.1. The molecule has 0 fully saturated rings. The fourth-order valence-electron chi connectivity index (χ4n) is 1.66. The normalized spacial score (nSPS) is 10.1. The molecule has 0 saturated heterocycles. The van der Waals surface area contributed by atoms with Crippen molar-refractivity contribution in [3.63, 3.8) is 0 Å². The van der Waals surface area contributed by atoms with Crippen LogP contribution < -0.4 is 10.1 Å². The van der Waals surface area contributed by atoms with Gasteiger partial charge in [-0.05, 0) is 37.1 Å². The van der Waals surface area contributed by atoms with Gasteiger partial charge >= 0.3 is 0 Å². The molecule has 0 saturated carbocycles. The van der Waals surface area contributed by atoms with Crippen LogP contribution >= 0.6 is 0 Å². The van der Waals surface area contributed by atoms with Crippen LogP contribution in [-0.4, -0.2) is 25.3 Å². The molecule has 0 aromatic heterocycles. The standard InChI is InChI=1S/C14H18FNO3/c1-10(17)3-6-14(18)16-8-7-11-9-12(15)4-5-13(11)19-2/h4-5,9H,3,6-8H2,1-2H3,(H,16,18). The van der Waals surface area contributed by atoms with Crippen molar-refractivity contribution in [3.05, 3.63) is 29.6 Å². The summed E-state index contributed by atoms with van der Waals surface area (Å²) in [5.41, 5.74) is 0.703. The van der Waals surface area contributed by atoms with Gasteiger partial charge in [-0.25, -0.2) is 4.39 Å². The van der Waals surface area contributed by atoms with Gasteiger partial charge in [-0.2, -0.15) is 0 Å². The van der Waals surface area contributed by atoms with Crippen molar-refractivity contribution in [1.82, 2.24) is 5.32 Å². The van der Waals surface area contributed by atoms with Gasteiger partial charge < -0.3 is 14.8 Å². The summed E-state index contributed by atoms with van der Waals surface area (Å²) < 4.78 is 18.2. The number of nitrogens with one attached hydrogen (secondary N) is 1. The van der Waals surface area contributed by atoms with Crippen LogP contribution in [0.4, 0.5) is 4.39 Å². The van der Waals surface area contributed by atoms with Crippen molar-refractivity contribution >= 4 is 11.7 Å². The van der Waals surface area contributed by atoms with E-state index in [9.17, 15) is 14.0 Å². The molecule has 0 heterocycles. The highest BCUT2D eigenvalue weighted by Gasteiger charge is 2.06. The van der Waals surface area contributed by atoms with Crippen molar-refractivity contribution in [2.24, 2.45) is 0 Å². The van der Waals surface area contributed by atoms with Crippen LogP contribution in [0.5, 0.6) is 5.75 Å². The second-order valence-electron chi connectivity index (χ2n) is 4.26. The summed E-state index contributed by atoms with van der Waals surface area (Å²) in [6.07, 6.45) is 0.914. The maximum Gasteiger partial charge on any atom is 0.220 e. The summed E-state index contributed by atoms with van der Waals surface area (Å²) in [5, 5.41) is 2.69. The molecule has 0 bridgehead atoms. The van der Waals surface area contributed by atoms with Crippen molar-refractivity contribution < 1.29 is 18.7 Å². The summed E-state index contributed by atoms with van der Waals surface area (Å²) in [6.45, 7) is 1.83. The summed E-state index contributed by atoms with van der Waals surface area (Å²) in [6, 6.07) is 4.27. The number of hydrogen-bond donors (Lipinski definition) is 1. The van der Waals surface area contributed by atoms with E-state index in [2.05, 4.69) is 5.32 Å². The first kappa shape index (κ1) is 15.1. The second-order valence-corrected chi connectivity index (χ2v) is 4.26. The van der Waals surface area contributed by atoms with E-state index < -0.39 is 0 Å². The van der Waals surface area contributed by atoms with Crippen LogP contribution in [0.25, 0.3) is 0 Å². The zero-order valence-electron chi connectivity index (χ0n) is 11.2. The van der Waals surface area contributed by atoms with E-state index in [1.807, 2.05) is 0 Å². The highest BCUT2D eigenvalue weighted by Crippen LogP contribution is 2.19. The lowest BCUT2D eigenvalue weighted by atomic mass is 10.1. The number of carbonyl (C=O) groups is 2. The third-order valence-corrected chi connectivity index (χ3v) is 2.66. The molecule has 104 valence electrons. The largest absolute Gasteiger partial charge is 0.496 e. The Morgan fingerprint density at radius 1 is 1.32 bits per heavy atom. The molecule has 1 aromatic rings. The molecule has 1 amide bonds. The van der Waals surface area contributed by atoms with Gasteiger partial charge in [0.25, 0.3) is 0 Å². The van der Waals surface area contributed by atoms with E-state index >= 15 is 0 Å². The van der Waals surface area contributed by atoms with Gasteiger partial charge in [0.15, 0.2) is 0 Å². The number of ketones is 1. The molecule has 0 atom stereocenters. The minimum absolute atomic E-state index is 0.0121. The van der Waals surface area contributed by atoms with E-state index in [1.54, 1.807) is 6.07 Å². The molecule has 0 aliphatic carbocycles. The Bertz CT molecular complexity index is 460. The van der Waals surface area contributed by atoms with Gasteiger partial charge in [0.2, 0.25) is 5.91 Å². The van der Waals surface area contributed by atoms with Gasteiger partial charge in [0.1, 0.15) is 17.3 Å². The predicted molar refractivity (Wildman–Crippen MR) is 69.6 cm³/mol. The van der Waals surface area contributed by atoms with Gasteiger partial charge in [-0.3, -0.25) is 4.79 Å². The van der Waals surface area contributed by atoms with E-state index in [0.717, 1.165) is 0 Å². The Labute approximate surface area is 112 Å². The molecular weight excluding hydrogens is 249 g/mol. The number of carbonyl (C=O) groups excluding carboxylic acids is 2. The van der Waals surface area contributed by atoms with Gasteiger partial charge in [-0.1, -0.05) is 0 Å². The smallest absolute Gasteiger partial charge is 0.220 e. The maximum absolute atomic E-state index is 13.1. The number of ether oxygens (including phenoxy) is 1.